The summed E-state index contributed by atoms with van der Waals surface area (Å²) in [4.78, 5) is 12.9. The molecule has 2 heteroatoms. The first kappa shape index (κ1) is 12.8. The number of methoxy groups -OCH3 is 1. The average Bonchev–Trinajstić information content (AvgIpc) is 2.95. The summed E-state index contributed by atoms with van der Waals surface area (Å²) in [6.07, 6.45) is 5.90. The Morgan fingerprint density at radius 2 is 1.45 bits per heavy atom. The second-order valence-corrected chi connectivity index (χ2v) is 5.34. The molecule has 0 amide bonds. The van der Waals surface area contributed by atoms with E-state index in [0.717, 1.165) is 33.6 Å². The van der Waals surface area contributed by atoms with E-state index in [2.05, 4.69) is 6.07 Å². The molecule has 2 aromatic carbocycles. The highest BCUT2D eigenvalue weighted by Gasteiger charge is 2.29. The number of rotatable bonds is 2. The monoisotopic (exact) mass is 286 g/mol. The van der Waals surface area contributed by atoms with E-state index < -0.39 is 0 Å². The number of carbonyl (C=O) groups excluding carboxylic acids is 1. The van der Waals surface area contributed by atoms with Gasteiger partial charge in [-0.2, -0.15) is 0 Å². The number of carbonyl (C=O) groups is 1. The van der Waals surface area contributed by atoms with Crippen molar-refractivity contribution < 1.29 is 9.53 Å². The van der Waals surface area contributed by atoms with Crippen LogP contribution in [0.25, 0.3) is 17.2 Å². The fraction of sp³-hybridized carbons (Fsp3) is 0.0500. The van der Waals surface area contributed by atoms with Crippen LogP contribution in [0.1, 0.15) is 16.7 Å². The van der Waals surface area contributed by atoms with Crippen molar-refractivity contribution in [2.75, 3.05) is 7.11 Å². The quantitative estimate of drug-likeness (QED) is 0.829. The van der Waals surface area contributed by atoms with Gasteiger partial charge in [-0.25, -0.2) is 0 Å². The van der Waals surface area contributed by atoms with Crippen LogP contribution in [0.5, 0.6) is 5.75 Å². The van der Waals surface area contributed by atoms with E-state index in [1.807, 2.05) is 60.7 Å². The third-order valence-electron chi connectivity index (χ3n) is 4.14. The molecule has 0 heterocycles. The number of ketones is 1. The molecule has 2 aliphatic carbocycles. The summed E-state index contributed by atoms with van der Waals surface area (Å²) in [6, 6.07) is 15.7. The number of benzene rings is 2. The Morgan fingerprint density at radius 1 is 0.773 bits per heavy atom. The fourth-order valence-electron chi connectivity index (χ4n) is 3.08. The van der Waals surface area contributed by atoms with Crippen molar-refractivity contribution in [3.63, 3.8) is 0 Å². The third kappa shape index (κ3) is 1.77. The molecule has 4 rings (SSSR count). The van der Waals surface area contributed by atoms with E-state index in [0.29, 0.717) is 5.57 Å². The van der Waals surface area contributed by atoms with Crippen LogP contribution in [-0.2, 0) is 4.79 Å². The topological polar surface area (TPSA) is 26.3 Å². The Morgan fingerprint density at radius 3 is 2.27 bits per heavy atom. The van der Waals surface area contributed by atoms with Gasteiger partial charge < -0.3 is 4.74 Å². The summed E-state index contributed by atoms with van der Waals surface area (Å²) in [7, 11) is 1.62. The highest BCUT2D eigenvalue weighted by atomic mass is 16.5. The van der Waals surface area contributed by atoms with Crippen LogP contribution in [0.3, 0.4) is 0 Å². The number of hydrogen-bond donors (Lipinski definition) is 0. The Labute approximate surface area is 129 Å². The normalized spacial score (nSPS) is 15.5. The van der Waals surface area contributed by atoms with Gasteiger partial charge in [0.2, 0.25) is 0 Å². The summed E-state index contributed by atoms with van der Waals surface area (Å²) >= 11 is 0. The van der Waals surface area contributed by atoms with Crippen LogP contribution < -0.4 is 4.74 Å². The lowest BCUT2D eigenvalue weighted by Crippen LogP contribution is -2.09. The molecular formula is C20H14O2. The highest BCUT2D eigenvalue weighted by Crippen LogP contribution is 2.42. The van der Waals surface area contributed by atoms with Crippen molar-refractivity contribution in [2.24, 2.45) is 0 Å². The SMILES string of the molecule is COc1ccccc1C1=CC=C2C(=Cc3ccccc32)C1=O. The van der Waals surface area contributed by atoms with Crippen LogP contribution in [0.2, 0.25) is 0 Å². The molecule has 22 heavy (non-hydrogen) atoms. The second-order valence-electron chi connectivity index (χ2n) is 5.34. The molecule has 2 aromatic rings. The molecule has 0 saturated heterocycles. The molecule has 2 aliphatic rings. The molecule has 2 nitrogen and oxygen atoms in total. The fourth-order valence-corrected chi connectivity index (χ4v) is 3.08. The van der Waals surface area contributed by atoms with Crippen LogP contribution in [-0.4, -0.2) is 12.9 Å². The minimum atomic E-state index is 0.0539. The van der Waals surface area contributed by atoms with Gasteiger partial charge in [0.1, 0.15) is 5.75 Å². The van der Waals surface area contributed by atoms with Crippen LogP contribution in [0, 0.1) is 0 Å². The summed E-state index contributed by atoms with van der Waals surface area (Å²) < 4.78 is 5.39. The van der Waals surface area contributed by atoms with E-state index in [4.69, 9.17) is 4.74 Å². The van der Waals surface area contributed by atoms with E-state index in [1.165, 1.54) is 0 Å². The van der Waals surface area contributed by atoms with Gasteiger partial charge >= 0.3 is 0 Å². The van der Waals surface area contributed by atoms with Gasteiger partial charge in [0, 0.05) is 16.7 Å². The zero-order chi connectivity index (χ0) is 15.1. The number of para-hydroxylation sites is 1. The van der Waals surface area contributed by atoms with E-state index in [1.54, 1.807) is 7.11 Å². The smallest absolute Gasteiger partial charge is 0.194 e. The molecule has 106 valence electrons. The van der Waals surface area contributed by atoms with Crippen LogP contribution >= 0.6 is 0 Å². The Hall–Kier alpha value is -2.87. The van der Waals surface area contributed by atoms with Gasteiger partial charge in [0.05, 0.1) is 7.11 Å². The second kappa shape index (κ2) is 4.85. The summed E-state index contributed by atoms with van der Waals surface area (Å²) in [5.41, 5.74) is 5.53. The van der Waals surface area contributed by atoms with Crippen LogP contribution in [0.15, 0.2) is 66.3 Å². The molecule has 0 unspecified atom stereocenters. The van der Waals surface area contributed by atoms with Crippen molar-refractivity contribution in [1.82, 2.24) is 0 Å². The first-order valence-corrected chi connectivity index (χ1v) is 7.21. The Bertz CT molecular complexity index is 882. The number of hydrogen-bond acceptors (Lipinski definition) is 2. The summed E-state index contributed by atoms with van der Waals surface area (Å²) in [5, 5.41) is 0. The van der Waals surface area contributed by atoms with E-state index in [9.17, 15) is 4.79 Å². The maximum Gasteiger partial charge on any atom is 0.194 e. The predicted molar refractivity (Wildman–Crippen MR) is 88.4 cm³/mol. The minimum Gasteiger partial charge on any atom is -0.496 e. The van der Waals surface area contributed by atoms with Crippen molar-refractivity contribution >= 4 is 23.0 Å². The maximum absolute atomic E-state index is 12.9. The zero-order valence-corrected chi connectivity index (χ0v) is 12.2. The van der Waals surface area contributed by atoms with Gasteiger partial charge in [-0.05, 0) is 34.9 Å². The average molecular weight is 286 g/mol. The molecule has 0 aromatic heterocycles. The molecule has 0 spiro atoms. The van der Waals surface area contributed by atoms with Gasteiger partial charge in [-0.3, -0.25) is 4.79 Å². The minimum absolute atomic E-state index is 0.0539. The van der Waals surface area contributed by atoms with Gasteiger partial charge in [0.15, 0.2) is 5.78 Å². The highest BCUT2D eigenvalue weighted by molar-refractivity contribution is 6.39. The summed E-state index contributed by atoms with van der Waals surface area (Å²) in [5.74, 6) is 0.772. The molecule has 0 fully saturated rings. The van der Waals surface area contributed by atoms with Crippen LogP contribution in [0.4, 0.5) is 0 Å². The van der Waals surface area contributed by atoms with E-state index in [-0.39, 0.29) is 5.78 Å². The molecule has 0 aliphatic heterocycles. The standard InChI is InChI=1S/C20H14O2/c1-22-19-9-5-4-8-16(19)17-11-10-15-14-7-3-2-6-13(14)12-18(15)20(17)21/h2-12H,1H3. The van der Waals surface area contributed by atoms with Gasteiger partial charge in [-0.1, -0.05) is 48.5 Å². The first-order chi connectivity index (χ1) is 10.8. The predicted octanol–water partition coefficient (Wildman–Crippen LogP) is 4.14. The number of allylic oxidation sites excluding steroid dienone is 5. The Kier molecular flexibility index (Phi) is 2.83. The molecule has 0 atom stereocenters. The molecule has 0 saturated carbocycles. The third-order valence-corrected chi connectivity index (χ3v) is 4.14. The first-order valence-electron chi connectivity index (χ1n) is 7.21. The largest absolute Gasteiger partial charge is 0.496 e. The van der Waals surface area contributed by atoms with Gasteiger partial charge in [-0.15, -0.1) is 0 Å². The van der Waals surface area contributed by atoms with Crippen molar-refractivity contribution in [3.8, 4) is 5.75 Å². The molecule has 0 radical (unpaired) electrons. The lowest BCUT2D eigenvalue weighted by Gasteiger charge is -2.16. The van der Waals surface area contributed by atoms with Crippen molar-refractivity contribution in [1.29, 1.82) is 0 Å². The lowest BCUT2D eigenvalue weighted by molar-refractivity contribution is -0.110. The number of fused-ring (bicyclic) bond motifs is 3. The van der Waals surface area contributed by atoms with Gasteiger partial charge in [0.25, 0.3) is 0 Å². The molecule has 0 bridgehead atoms. The Balaban J connectivity index is 1.86. The lowest BCUT2D eigenvalue weighted by atomic mass is 9.87. The number of ether oxygens (including phenoxy) is 1. The number of Topliss-reactive ketones (excluding diaryl/α,β-unsaturated/α-hetero) is 1. The molecular weight excluding hydrogens is 272 g/mol. The summed E-state index contributed by atoms with van der Waals surface area (Å²) in [6.45, 7) is 0. The maximum atomic E-state index is 12.9. The van der Waals surface area contributed by atoms with E-state index >= 15 is 0 Å². The van der Waals surface area contributed by atoms with Crippen molar-refractivity contribution in [2.45, 2.75) is 0 Å². The van der Waals surface area contributed by atoms with Crippen molar-refractivity contribution in [3.05, 3.63) is 82.9 Å². The molecule has 0 N–H and O–H groups in total. The zero-order valence-electron chi connectivity index (χ0n) is 12.2.